The Balaban J connectivity index is 1.80. The summed E-state index contributed by atoms with van der Waals surface area (Å²) in [5.74, 6) is 0.430. The molecule has 110 valence electrons. The van der Waals surface area contributed by atoms with E-state index in [1.165, 1.54) is 12.0 Å². The number of hydrogen-bond acceptors (Lipinski definition) is 2. The summed E-state index contributed by atoms with van der Waals surface area (Å²) in [6, 6.07) is 10.7. The van der Waals surface area contributed by atoms with Crippen LogP contribution in [0, 0.1) is 0 Å². The second-order valence-corrected chi connectivity index (χ2v) is 6.98. The Morgan fingerprint density at radius 3 is 2.10 bits per heavy atom. The molecule has 0 N–H and O–H groups in total. The van der Waals surface area contributed by atoms with Crippen molar-refractivity contribution in [3.05, 3.63) is 35.9 Å². The first-order valence-corrected chi connectivity index (χ1v) is 7.71. The Kier molecular flexibility index (Phi) is 4.60. The van der Waals surface area contributed by atoms with Crippen molar-refractivity contribution in [2.24, 2.45) is 0 Å². The fourth-order valence-corrected chi connectivity index (χ4v) is 2.53. The summed E-state index contributed by atoms with van der Waals surface area (Å²) >= 11 is 0. The lowest BCUT2D eigenvalue weighted by Gasteiger charge is -2.32. The Labute approximate surface area is 124 Å². The van der Waals surface area contributed by atoms with Gasteiger partial charge in [0.25, 0.3) is 0 Å². The largest absolute Gasteiger partial charge is 0.460 e. The molecule has 1 aromatic carbocycles. The highest BCUT2D eigenvalue weighted by molar-refractivity contribution is 6.47. The monoisotopic (exact) mass is 274 g/mol. The van der Waals surface area contributed by atoms with Crippen molar-refractivity contribution in [2.45, 2.75) is 70.9 Å². The number of hydrogen-bond donors (Lipinski definition) is 0. The third-order valence-electron chi connectivity index (χ3n) is 4.70. The fourth-order valence-electron chi connectivity index (χ4n) is 2.53. The van der Waals surface area contributed by atoms with Crippen LogP contribution in [0.4, 0.5) is 0 Å². The molecule has 1 fully saturated rings. The molecule has 0 aliphatic carbocycles. The van der Waals surface area contributed by atoms with Gasteiger partial charge in [-0.25, -0.2) is 0 Å². The number of aryl methyl sites for hydroxylation is 1. The smallest absolute Gasteiger partial charge is 0.403 e. The third kappa shape index (κ3) is 3.45. The standard InChI is InChI=1S/C17H27BO2/c1-14(10-9-13-15-11-7-6-8-12-15)18-19-16(2,3)17(4,5)20-18/h6-8,11-12,14H,9-10,13H2,1-5H3/t14-/m0/s1. The van der Waals surface area contributed by atoms with Crippen LogP contribution < -0.4 is 0 Å². The Hall–Kier alpha value is -0.795. The van der Waals surface area contributed by atoms with Crippen LogP contribution in [0.1, 0.15) is 53.0 Å². The van der Waals surface area contributed by atoms with E-state index in [1.54, 1.807) is 0 Å². The SMILES string of the molecule is C[C@@H](CCCc1ccccc1)B1OC(C)(C)C(C)(C)O1. The van der Waals surface area contributed by atoms with E-state index in [-0.39, 0.29) is 18.3 Å². The van der Waals surface area contributed by atoms with Crippen molar-refractivity contribution >= 4 is 7.12 Å². The van der Waals surface area contributed by atoms with Gasteiger partial charge in [0, 0.05) is 0 Å². The van der Waals surface area contributed by atoms with Gasteiger partial charge in [0.2, 0.25) is 0 Å². The Bertz CT molecular complexity index is 412. The first-order valence-electron chi connectivity index (χ1n) is 7.71. The molecule has 1 aliphatic heterocycles. The molecule has 1 saturated heterocycles. The molecule has 1 atom stereocenters. The fraction of sp³-hybridized carbons (Fsp3) is 0.647. The van der Waals surface area contributed by atoms with Crippen LogP contribution in [0.2, 0.25) is 5.82 Å². The first kappa shape index (κ1) is 15.6. The molecule has 0 amide bonds. The van der Waals surface area contributed by atoms with Crippen molar-refractivity contribution in [1.82, 2.24) is 0 Å². The van der Waals surface area contributed by atoms with Gasteiger partial charge in [0.1, 0.15) is 0 Å². The zero-order valence-corrected chi connectivity index (χ0v) is 13.5. The first-order chi connectivity index (χ1) is 9.32. The highest BCUT2D eigenvalue weighted by Gasteiger charge is 2.52. The summed E-state index contributed by atoms with van der Waals surface area (Å²) in [4.78, 5) is 0. The predicted octanol–water partition coefficient (Wildman–Crippen LogP) is 4.49. The summed E-state index contributed by atoms with van der Waals surface area (Å²) < 4.78 is 12.2. The second-order valence-electron chi connectivity index (χ2n) is 6.98. The minimum Gasteiger partial charge on any atom is -0.403 e. The lowest BCUT2D eigenvalue weighted by molar-refractivity contribution is 0.00578. The quantitative estimate of drug-likeness (QED) is 0.736. The third-order valence-corrected chi connectivity index (χ3v) is 4.70. The minimum absolute atomic E-state index is 0.0734. The van der Waals surface area contributed by atoms with Crippen LogP contribution in [0.5, 0.6) is 0 Å². The Morgan fingerprint density at radius 2 is 1.55 bits per heavy atom. The van der Waals surface area contributed by atoms with Crippen molar-refractivity contribution in [3.63, 3.8) is 0 Å². The van der Waals surface area contributed by atoms with E-state index in [1.807, 2.05) is 0 Å². The van der Waals surface area contributed by atoms with E-state index in [2.05, 4.69) is 65.0 Å². The van der Waals surface area contributed by atoms with Gasteiger partial charge in [-0.05, 0) is 51.9 Å². The molecule has 0 saturated carbocycles. The molecule has 20 heavy (non-hydrogen) atoms. The lowest BCUT2D eigenvalue weighted by Crippen LogP contribution is -2.41. The van der Waals surface area contributed by atoms with Gasteiger partial charge in [-0.1, -0.05) is 43.7 Å². The van der Waals surface area contributed by atoms with E-state index >= 15 is 0 Å². The van der Waals surface area contributed by atoms with Gasteiger partial charge in [-0.15, -0.1) is 0 Å². The lowest BCUT2D eigenvalue weighted by atomic mass is 9.70. The van der Waals surface area contributed by atoms with Crippen molar-refractivity contribution < 1.29 is 9.31 Å². The van der Waals surface area contributed by atoms with Crippen LogP contribution in [0.15, 0.2) is 30.3 Å². The highest BCUT2D eigenvalue weighted by Crippen LogP contribution is 2.40. The maximum Gasteiger partial charge on any atom is 0.460 e. The molecular weight excluding hydrogens is 247 g/mol. The van der Waals surface area contributed by atoms with Crippen molar-refractivity contribution in [2.75, 3.05) is 0 Å². The van der Waals surface area contributed by atoms with Crippen LogP contribution in [0.25, 0.3) is 0 Å². The van der Waals surface area contributed by atoms with E-state index in [0.717, 1.165) is 12.8 Å². The van der Waals surface area contributed by atoms with E-state index in [0.29, 0.717) is 5.82 Å². The molecule has 0 aromatic heterocycles. The summed E-state index contributed by atoms with van der Waals surface area (Å²) in [5, 5.41) is 0. The summed E-state index contributed by atoms with van der Waals surface area (Å²) in [7, 11) is -0.0734. The van der Waals surface area contributed by atoms with Gasteiger partial charge in [0.05, 0.1) is 11.2 Å². The van der Waals surface area contributed by atoms with E-state index in [9.17, 15) is 0 Å². The van der Waals surface area contributed by atoms with Gasteiger partial charge in [0.15, 0.2) is 0 Å². The minimum atomic E-state index is -0.217. The topological polar surface area (TPSA) is 18.5 Å². The van der Waals surface area contributed by atoms with Gasteiger partial charge >= 0.3 is 7.12 Å². The molecule has 0 bridgehead atoms. The molecule has 0 spiro atoms. The summed E-state index contributed by atoms with van der Waals surface area (Å²) in [5.41, 5.74) is 0.977. The van der Waals surface area contributed by atoms with Crippen LogP contribution in [-0.4, -0.2) is 18.3 Å². The van der Waals surface area contributed by atoms with Crippen LogP contribution in [0.3, 0.4) is 0 Å². The van der Waals surface area contributed by atoms with Gasteiger partial charge in [-0.3, -0.25) is 0 Å². The normalized spacial score (nSPS) is 21.9. The zero-order chi connectivity index (χ0) is 14.8. The molecular formula is C17H27BO2. The van der Waals surface area contributed by atoms with Gasteiger partial charge < -0.3 is 9.31 Å². The average molecular weight is 274 g/mol. The maximum atomic E-state index is 6.11. The summed E-state index contributed by atoms with van der Waals surface area (Å²) in [6.45, 7) is 10.7. The molecule has 1 heterocycles. The van der Waals surface area contributed by atoms with Crippen LogP contribution >= 0.6 is 0 Å². The molecule has 0 unspecified atom stereocenters. The predicted molar refractivity (Wildman–Crippen MR) is 84.9 cm³/mol. The highest BCUT2D eigenvalue weighted by atomic mass is 16.7. The van der Waals surface area contributed by atoms with E-state index in [4.69, 9.17) is 9.31 Å². The average Bonchev–Trinajstić information content (AvgIpc) is 2.60. The maximum absolute atomic E-state index is 6.11. The second kappa shape index (κ2) is 5.91. The molecule has 2 rings (SSSR count). The molecule has 3 heteroatoms. The van der Waals surface area contributed by atoms with Gasteiger partial charge in [-0.2, -0.15) is 0 Å². The van der Waals surface area contributed by atoms with Crippen LogP contribution in [-0.2, 0) is 15.7 Å². The van der Waals surface area contributed by atoms with E-state index < -0.39 is 0 Å². The molecule has 1 aromatic rings. The zero-order valence-electron chi connectivity index (χ0n) is 13.5. The Morgan fingerprint density at radius 1 is 1.00 bits per heavy atom. The summed E-state index contributed by atoms with van der Waals surface area (Å²) in [6.07, 6.45) is 3.44. The molecule has 2 nitrogen and oxygen atoms in total. The van der Waals surface area contributed by atoms with Crippen molar-refractivity contribution in [1.29, 1.82) is 0 Å². The molecule has 1 aliphatic rings. The molecule has 0 radical (unpaired) electrons. The van der Waals surface area contributed by atoms with Crippen molar-refractivity contribution in [3.8, 4) is 0 Å². The number of rotatable bonds is 5. The number of benzene rings is 1.